The number of nitrogens with zero attached hydrogens (tertiary/aromatic N) is 2. The van der Waals surface area contributed by atoms with Crippen molar-refractivity contribution >= 4 is 37.4 Å². The normalized spacial score (nSPS) is 11.5. The third-order valence-corrected chi connectivity index (χ3v) is 5.58. The van der Waals surface area contributed by atoms with Crippen LogP contribution in [0.15, 0.2) is 46.9 Å². The summed E-state index contributed by atoms with van der Waals surface area (Å²) in [4.78, 5) is 8.31. The van der Waals surface area contributed by atoms with E-state index in [4.69, 9.17) is 9.88 Å². The minimum absolute atomic E-state index is 0.0445. The molecule has 0 unspecified atom stereocenters. The minimum Gasteiger partial charge on any atom is -0.491 e. The van der Waals surface area contributed by atoms with Gasteiger partial charge in [0.2, 0.25) is 10.0 Å². The second-order valence-corrected chi connectivity index (χ2v) is 7.81. The number of primary sulfonamides is 1. The van der Waals surface area contributed by atoms with Gasteiger partial charge in [0.05, 0.1) is 12.8 Å². The van der Waals surface area contributed by atoms with Gasteiger partial charge in [0, 0.05) is 18.1 Å². The fourth-order valence-corrected chi connectivity index (χ4v) is 3.59. The van der Waals surface area contributed by atoms with Crippen LogP contribution in [-0.4, -0.2) is 31.5 Å². The number of hydrogen-bond donors (Lipinski definition) is 2. The molecule has 0 amide bonds. The molecule has 0 atom stereocenters. The van der Waals surface area contributed by atoms with Gasteiger partial charge >= 0.3 is 0 Å². The SMILES string of the molecule is NS(=O)(=O)c1cnc(NCCCOc2cccc3cccnc23)s1. The number of nitrogens with two attached hydrogens (primary N) is 1. The summed E-state index contributed by atoms with van der Waals surface area (Å²) in [6.07, 6.45) is 3.72. The van der Waals surface area contributed by atoms with Crippen LogP contribution in [0.25, 0.3) is 10.9 Å². The Hall–Kier alpha value is -2.23. The van der Waals surface area contributed by atoms with Crippen LogP contribution in [0.4, 0.5) is 5.13 Å². The molecule has 24 heavy (non-hydrogen) atoms. The summed E-state index contributed by atoms with van der Waals surface area (Å²) in [5.41, 5.74) is 0.839. The number of thiazole rings is 1. The van der Waals surface area contributed by atoms with Crippen LogP contribution < -0.4 is 15.2 Å². The molecule has 0 radical (unpaired) electrons. The molecular weight excluding hydrogens is 348 g/mol. The van der Waals surface area contributed by atoms with Crippen molar-refractivity contribution in [3.05, 3.63) is 42.7 Å². The molecule has 0 spiro atoms. The quantitative estimate of drug-likeness (QED) is 0.623. The number of anilines is 1. The summed E-state index contributed by atoms with van der Waals surface area (Å²) in [5, 5.41) is 9.65. The predicted octanol–water partition coefficient (Wildman–Crippen LogP) is 2.22. The van der Waals surface area contributed by atoms with Gasteiger partial charge in [-0.15, -0.1) is 0 Å². The number of ether oxygens (including phenoxy) is 1. The highest BCUT2D eigenvalue weighted by atomic mass is 32.2. The third-order valence-electron chi connectivity index (χ3n) is 3.22. The zero-order valence-electron chi connectivity index (χ0n) is 12.7. The molecule has 0 aliphatic heterocycles. The lowest BCUT2D eigenvalue weighted by Crippen LogP contribution is -2.10. The Labute approximate surface area is 143 Å². The first kappa shape index (κ1) is 16.6. The number of sulfonamides is 1. The fourth-order valence-electron chi connectivity index (χ4n) is 2.11. The molecular formula is C15H16N4O3S2. The molecule has 3 aromatic rings. The number of rotatable bonds is 7. The number of para-hydroxylation sites is 1. The summed E-state index contributed by atoms with van der Waals surface area (Å²) in [6.45, 7) is 1.12. The van der Waals surface area contributed by atoms with Crippen molar-refractivity contribution in [1.82, 2.24) is 9.97 Å². The molecule has 0 saturated heterocycles. The number of aromatic nitrogens is 2. The lowest BCUT2D eigenvalue weighted by molar-refractivity contribution is 0.318. The van der Waals surface area contributed by atoms with E-state index in [1.807, 2.05) is 30.3 Å². The lowest BCUT2D eigenvalue weighted by atomic mass is 10.2. The van der Waals surface area contributed by atoms with E-state index in [1.165, 1.54) is 6.20 Å². The Morgan fingerprint density at radius 3 is 2.83 bits per heavy atom. The van der Waals surface area contributed by atoms with E-state index in [0.29, 0.717) is 18.3 Å². The largest absolute Gasteiger partial charge is 0.491 e. The van der Waals surface area contributed by atoms with Crippen LogP contribution in [0.5, 0.6) is 5.75 Å². The molecule has 2 aromatic heterocycles. The number of benzene rings is 1. The first-order valence-corrected chi connectivity index (χ1v) is 9.59. The number of nitrogens with one attached hydrogen (secondary N) is 1. The molecule has 0 saturated carbocycles. The second-order valence-electron chi connectivity index (χ2n) is 4.99. The van der Waals surface area contributed by atoms with Gasteiger partial charge in [-0.2, -0.15) is 0 Å². The van der Waals surface area contributed by atoms with Crippen molar-refractivity contribution in [3.8, 4) is 5.75 Å². The molecule has 7 nitrogen and oxygen atoms in total. The monoisotopic (exact) mass is 364 g/mol. The summed E-state index contributed by atoms with van der Waals surface area (Å²) < 4.78 is 28.2. The molecule has 3 rings (SSSR count). The molecule has 2 heterocycles. The number of hydrogen-bond acceptors (Lipinski definition) is 7. The van der Waals surface area contributed by atoms with Gasteiger partial charge in [-0.1, -0.05) is 29.5 Å². The van der Waals surface area contributed by atoms with Crippen LogP contribution in [0.1, 0.15) is 6.42 Å². The van der Waals surface area contributed by atoms with Crippen molar-refractivity contribution in [3.63, 3.8) is 0 Å². The first-order valence-electron chi connectivity index (χ1n) is 7.23. The summed E-state index contributed by atoms with van der Waals surface area (Å²) in [6, 6.07) is 9.69. The molecule has 1 aromatic carbocycles. The van der Waals surface area contributed by atoms with Crippen molar-refractivity contribution in [2.75, 3.05) is 18.5 Å². The minimum atomic E-state index is -3.69. The Morgan fingerprint density at radius 1 is 1.21 bits per heavy atom. The van der Waals surface area contributed by atoms with Gasteiger partial charge in [-0.05, 0) is 18.6 Å². The predicted molar refractivity (Wildman–Crippen MR) is 93.8 cm³/mol. The topological polar surface area (TPSA) is 107 Å². The summed E-state index contributed by atoms with van der Waals surface area (Å²) in [5.74, 6) is 0.749. The van der Waals surface area contributed by atoms with Gasteiger partial charge < -0.3 is 10.1 Å². The molecule has 126 valence electrons. The number of fused-ring (bicyclic) bond motifs is 1. The van der Waals surface area contributed by atoms with Crippen molar-refractivity contribution < 1.29 is 13.2 Å². The molecule has 0 aliphatic carbocycles. The van der Waals surface area contributed by atoms with E-state index in [-0.39, 0.29) is 4.21 Å². The second kappa shape index (κ2) is 7.12. The van der Waals surface area contributed by atoms with Gasteiger partial charge in [-0.25, -0.2) is 18.5 Å². The zero-order valence-corrected chi connectivity index (χ0v) is 14.3. The number of pyridine rings is 1. The van der Waals surface area contributed by atoms with Crippen LogP contribution >= 0.6 is 11.3 Å². The van der Waals surface area contributed by atoms with E-state index in [0.717, 1.165) is 34.4 Å². The van der Waals surface area contributed by atoms with E-state index in [2.05, 4.69) is 15.3 Å². The molecule has 9 heteroatoms. The van der Waals surface area contributed by atoms with E-state index < -0.39 is 10.0 Å². The zero-order chi connectivity index (χ0) is 17.0. The lowest BCUT2D eigenvalue weighted by Gasteiger charge is -2.08. The van der Waals surface area contributed by atoms with Crippen molar-refractivity contribution in [2.45, 2.75) is 10.6 Å². The van der Waals surface area contributed by atoms with Crippen LogP contribution in [0, 0.1) is 0 Å². The van der Waals surface area contributed by atoms with E-state index >= 15 is 0 Å². The maximum atomic E-state index is 11.2. The first-order chi connectivity index (χ1) is 11.5. The van der Waals surface area contributed by atoms with Crippen LogP contribution in [0.3, 0.4) is 0 Å². The molecule has 0 aliphatic rings. The molecule has 0 bridgehead atoms. The highest BCUT2D eigenvalue weighted by Gasteiger charge is 2.12. The standard InChI is InChI=1S/C15H16N4O3S2/c16-24(20,21)13-10-19-15(23-13)18-8-3-9-22-12-6-1-4-11-5-2-7-17-14(11)12/h1-2,4-7,10H,3,8-9H2,(H,18,19)(H2,16,20,21). The Balaban J connectivity index is 1.50. The fraction of sp³-hybridized carbons (Fsp3) is 0.200. The Morgan fingerprint density at radius 2 is 2.04 bits per heavy atom. The van der Waals surface area contributed by atoms with E-state index in [9.17, 15) is 8.42 Å². The smallest absolute Gasteiger partial charge is 0.249 e. The average molecular weight is 364 g/mol. The van der Waals surface area contributed by atoms with Gasteiger partial charge in [-0.3, -0.25) is 4.98 Å². The highest BCUT2D eigenvalue weighted by molar-refractivity contribution is 7.91. The highest BCUT2D eigenvalue weighted by Crippen LogP contribution is 2.23. The Kier molecular flexibility index (Phi) is 4.93. The van der Waals surface area contributed by atoms with Gasteiger partial charge in [0.1, 0.15) is 11.3 Å². The van der Waals surface area contributed by atoms with E-state index in [1.54, 1.807) is 6.20 Å². The summed E-state index contributed by atoms with van der Waals surface area (Å²) in [7, 11) is -3.69. The maximum Gasteiger partial charge on any atom is 0.249 e. The van der Waals surface area contributed by atoms with Crippen LogP contribution in [0.2, 0.25) is 0 Å². The Bertz CT molecular complexity index is 935. The maximum absolute atomic E-state index is 11.2. The van der Waals surface area contributed by atoms with Gasteiger partial charge in [0.15, 0.2) is 9.34 Å². The van der Waals surface area contributed by atoms with Gasteiger partial charge in [0.25, 0.3) is 0 Å². The third kappa shape index (κ3) is 3.99. The summed E-state index contributed by atoms with van der Waals surface area (Å²) >= 11 is 1.01. The molecule has 3 N–H and O–H groups in total. The average Bonchev–Trinajstić information content (AvgIpc) is 3.04. The van der Waals surface area contributed by atoms with Crippen molar-refractivity contribution in [1.29, 1.82) is 0 Å². The van der Waals surface area contributed by atoms with Crippen LogP contribution in [-0.2, 0) is 10.0 Å². The van der Waals surface area contributed by atoms with Crippen molar-refractivity contribution in [2.24, 2.45) is 5.14 Å². The molecule has 0 fully saturated rings.